The van der Waals surface area contributed by atoms with Crippen LogP contribution in [0.25, 0.3) is 0 Å². The number of amides is 2. The zero-order valence-corrected chi connectivity index (χ0v) is 17.8. The minimum Gasteiger partial charge on any atom is -0.463 e. The summed E-state index contributed by atoms with van der Waals surface area (Å²) in [6, 6.07) is -1.15. The van der Waals surface area contributed by atoms with Crippen LogP contribution in [0.4, 0.5) is 0 Å². The topological polar surface area (TPSA) is 153 Å². The van der Waals surface area contributed by atoms with Crippen LogP contribution in [0.5, 0.6) is 0 Å². The van der Waals surface area contributed by atoms with E-state index in [-0.39, 0.29) is 11.2 Å². The predicted octanol–water partition coefficient (Wildman–Crippen LogP) is -1.19. The summed E-state index contributed by atoms with van der Waals surface area (Å²) in [5.74, 6) is -2.02. The highest BCUT2D eigenvalue weighted by Crippen LogP contribution is 2.38. The summed E-state index contributed by atoms with van der Waals surface area (Å²) in [6.07, 6.45) is -3.75. The van der Waals surface area contributed by atoms with Gasteiger partial charge in [-0.2, -0.15) is 0 Å². The van der Waals surface area contributed by atoms with E-state index < -0.39 is 54.9 Å². The maximum atomic E-state index is 12.0. The van der Waals surface area contributed by atoms with Gasteiger partial charge in [-0.25, -0.2) is 0 Å². The van der Waals surface area contributed by atoms with Crippen LogP contribution in [0.2, 0.25) is 0 Å². The van der Waals surface area contributed by atoms with Gasteiger partial charge in [0.25, 0.3) is 0 Å². The molecule has 2 amide bonds. The summed E-state index contributed by atoms with van der Waals surface area (Å²) in [6.45, 7) is 3.61. The fourth-order valence-electron chi connectivity index (χ4n) is 3.10. The van der Waals surface area contributed by atoms with Gasteiger partial charge in [-0.15, -0.1) is 0 Å². The van der Waals surface area contributed by atoms with Crippen LogP contribution >= 0.6 is 21.6 Å². The van der Waals surface area contributed by atoms with Crippen LogP contribution in [0.15, 0.2) is 0 Å². The van der Waals surface area contributed by atoms with Gasteiger partial charge in [0.15, 0.2) is 0 Å². The second-order valence-electron chi connectivity index (χ2n) is 7.47. The molecule has 164 valence electrons. The zero-order chi connectivity index (χ0) is 21.8. The molecule has 0 aliphatic carbocycles. The fourth-order valence-corrected chi connectivity index (χ4v) is 5.66. The van der Waals surface area contributed by atoms with Crippen molar-refractivity contribution in [2.75, 3.05) is 12.4 Å². The first-order valence-corrected chi connectivity index (χ1v) is 11.5. The lowest BCUT2D eigenvalue weighted by Gasteiger charge is -2.44. The van der Waals surface area contributed by atoms with Gasteiger partial charge < -0.3 is 35.1 Å². The van der Waals surface area contributed by atoms with Crippen molar-refractivity contribution in [2.45, 2.75) is 68.4 Å². The Morgan fingerprint density at radius 1 is 1.24 bits per heavy atom. The fraction of sp³-hybridized carbons (Fsp3) is 0.765. The number of nitrogens with one attached hydrogen (secondary N) is 1. The van der Waals surface area contributed by atoms with E-state index in [4.69, 9.17) is 4.74 Å². The molecule has 2 saturated heterocycles. The number of nitrogens with zero attached hydrogens (tertiary/aromatic N) is 1. The van der Waals surface area contributed by atoms with Gasteiger partial charge in [0.05, 0.1) is 12.5 Å². The molecule has 2 heterocycles. The summed E-state index contributed by atoms with van der Waals surface area (Å²) >= 11 is 0. The SMILES string of the molecule is CC(C)(CCC=O)SSCCC(=O)OC[C@@H]1[C@@H](O)[C@H](O)[C@H](O)[C@H]2NC(=O)C(=O)N12. The van der Waals surface area contributed by atoms with E-state index in [0.29, 0.717) is 12.2 Å². The molecule has 0 bridgehead atoms. The third-order valence-corrected chi connectivity index (χ3v) is 8.09. The number of carbonyl (C=O) groups excluding carboxylic acids is 4. The van der Waals surface area contributed by atoms with Crippen molar-refractivity contribution >= 4 is 45.7 Å². The monoisotopic (exact) mass is 450 g/mol. The number of rotatable bonds is 10. The van der Waals surface area contributed by atoms with Crippen LogP contribution in [0, 0.1) is 0 Å². The maximum Gasteiger partial charge on any atom is 0.314 e. The first-order chi connectivity index (χ1) is 13.6. The van der Waals surface area contributed by atoms with Gasteiger partial charge in [0, 0.05) is 16.9 Å². The zero-order valence-electron chi connectivity index (χ0n) is 16.1. The lowest BCUT2D eigenvalue weighted by molar-refractivity contribution is -0.181. The van der Waals surface area contributed by atoms with Crippen molar-refractivity contribution in [1.82, 2.24) is 10.2 Å². The highest BCUT2D eigenvalue weighted by atomic mass is 33.1. The number of aliphatic hydroxyl groups is 3. The number of hydrogen-bond donors (Lipinski definition) is 4. The molecular formula is C17H26N2O8S2. The molecule has 2 rings (SSSR count). The summed E-state index contributed by atoms with van der Waals surface area (Å²) in [7, 11) is 3.05. The summed E-state index contributed by atoms with van der Waals surface area (Å²) < 4.78 is 5.02. The van der Waals surface area contributed by atoms with Crippen molar-refractivity contribution in [1.29, 1.82) is 0 Å². The molecule has 0 aromatic rings. The molecule has 4 N–H and O–H groups in total. The van der Waals surface area contributed by atoms with Crippen molar-refractivity contribution in [3.8, 4) is 0 Å². The smallest absolute Gasteiger partial charge is 0.314 e. The molecule has 0 aromatic heterocycles. The van der Waals surface area contributed by atoms with Crippen molar-refractivity contribution in [3.05, 3.63) is 0 Å². The first-order valence-electron chi connectivity index (χ1n) is 9.16. The van der Waals surface area contributed by atoms with E-state index in [0.717, 1.165) is 17.6 Å². The standard InChI is InChI=1S/C17H26N2O8S2/c1-17(2,5-3-6-20)29-28-7-4-10(21)27-8-9-11(22)12(23)13(24)14-18-15(25)16(26)19(9)14/h6,9,11-14,22-24H,3-5,7-8H2,1-2H3,(H,18,25)/t9-,11-,12+,13+,14+/m1/s1. The van der Waals surface area contributed by atoms with E-state index in [2.05, 4.69) is 5.32 Å². The molecule has 2 fully saturated rings. The number of fused-ring (bicyclic) bond motifs is 1. The average molecular weight is 451 g/mol. The first kappa shape index (κ1) is 23.9. The number of ether oxygens (including phenoxy) is 1. The average Bonchev–Trinajstić information content (AvgIpc) is 2.97. The second-order valence-corrected chi connectivity index (χ2v) is 10.6. The molecule has 10 nitrogen and oxygen atoms in total. The number of aldehydes is 1. The Kier molecular flexibility index (Phi) is 8.35. The summed E-state index contributed by atoms with van der Waals surface area (Å²) in [4.78, 5) is 47.0. The van der Waals surface area contributed by atoms with E-state index in [9.17, 15) is 34.5 Å². The maximum absolute atomic E-state index is 12.0. The van der Waals surface area contributed by atoms with Gasteiger partial charge >= 0.3 is 17.8 Å². The molecule has 12 heteroatoms. The molecule has 0 saturated carbocycles. The molecule has 2 aliphatic rings. The van der Waals surface area contributed by atoms with E-state index in [1.807, 2.05) is 13.8 Å². The van der Waals surface area contributed by atoms with Gasteiger partial charge in [0.2, 0.25) is 0 Å². The van der Waals surface area contributed by atoms with Gasteiger partial charge in [-0.05, 0) is 20.3 Å². The Labute approximate surface area is 176 Å². The lowest BCUT2D eigenvalue weighted by Crippen LogP contribution is -2.68. The molecule has 2 aliphatic heterocycles. The van der Waals surface area contributed by atoms with E-state index in [1.54, 1.807) is 10.8 Å². The number of piperidine rings is 1. The van der Waals surface area contributed by atoms with Crippen molar-refractivity contribution in [3.63, 3.8) is 0 Å². The van der Waals surface area contributed by atoms with Gasteiger partial charge in [-0.3, -0.25) is 14.4 Å². The summed E-state index contributed by atoms with van der Waals surface area (Å²) in [5, 5.41) is 32.3. The number of carbonyl (C=O) groups is 4. The Balaban J connectivity index is 1.82. The van der Waals surface area contributed by atoms with Crippen LogP contribution < -0.4 is 5.32 Å². The second kappa shape index (κ2) is 10.1. The van der Waals surface area contributed by atoms with Crippen LogP contribution in [-0.4, -0.2) is 91.9 Å². The molecule has 0 unspecified atom stereocenters. The Morgan fingerprint density at radius 3 is 2.59 bits per heavy atom. The highest BCUT2D eigenvalue weighted by molar-refractivity contribution is 8.77. The Morgan fingerprint density at radius 2 is 1.93 bits per heavy atom. The number of aliphatic hydroxyl groups excluding tert-OH is 3. The largest absolute Gasteiger partial charge is 0.463 e. The van der Waals surface area contributed by atoms with Gasteiger partial charge in [0.1, 0.15) is 37.4 Å². The van der Waals surface area contributed by atoms with Crippen LogP contribution in [0.1, 0.15) is 33.1 Å². The number of esters is 1. The van der Waals surface area contributed by atoms with E-state index >= 15 is 0 Å². The van der Waals surface area contributed by atoms with Crippen molar-refractivity contribution < 1.29 is 39.2 Å². The summed E-state index contributed by atoms with van der Waals surface area (Å²) in [5.41, 5.74) is 0. The normalized spacial score (nSPS) is 29.4. The highest BCUT2D eigenvalue weighted by Gasteiger charge is 2.55. The molecule has 5 atom stereocenters. The molecule has 29 heavy (non-hydrogen) atoms. The molecular weight excluding hydrogens is 424 g/mol. The minimum absolute atomic E-state index is 0.0873. The third-order valence-electron chi connectivity index (χ3n) is 4.74. The Bertz CT molecular complexity index is 647. The predicted molar refractivity (Wildman–Crippen MR) is 106 cm³/mol. The molecule has 0 aromatic carbocycles. The third kappa shape index (κ3) is 5.85. The van der Waals surface area contributed by atoms with Crippen molar-refractivity contribution in [2.24, 2.45) is 0 Å². The van der Waals surface area contributed by atoms with Crippen LogP contribution in [-0.2, 0) is 23.9 Å². The minimum atomic E-state index is -1.60. The van der Waals surface area contributed by atoms with Crippen LogP contribution in [0.3, 0.4) is 0 Å². The quantitative estimate of drug-likeness (QED) is 0.105. The molecule has 0 spiro atoms. The lowest BCUT2D eigenvalue weighted by atomic mass is 9.92. The van der Waals surface area contributed by atoms with Gasteiger partial charge in [-0.1, -0.05) is 21.6 Å². The molecule has 0 radical (unpaired) electrons. The Hall–Kier alpha value is -1.34. The number of hydrogen-bond acceptors (Lipinski definition) is 10. The van der Waals surface area contributed by atoms with E-state index in [1.165, 1.54) is 10.8 Å².